The van der Waals surface area contributed by atoms with E-state index in [9.17, 15) is 33.6 Å². The van der Waals surface area contributed by atoms with Crippen LogP contribution < -0.4 is 4.31 Å². The molecule has 0 aliphatic carbocycles. The van der Waals surface area contributed by atoms with Crippen LogP contribution in [-0.2, 0) is 27.2 Å². The molecule has 11 nitrogen and oxygen atoms in total. The summed E-state index contributed by atoms with van der Waals surface area (Å²) in [5.41, 5.74) is -0.938. The van der Waals surface area contributed by atoms with Crippen LogP contribution in [0.15, 0.2) is 54.7 Å². The zero-order chi connectivity index (χ0) is 25.2. The molecule has 0 saturated heterocycles. The standard InChI is InChI=1S/C22H23N3O8S/c1-22(2,3)33-21(28)23-13-14(15-8-4-5-9-16(15)23)12-19(20(26)27)24(34(31)32)17-10-6-7-11-18(17)25(29)30/h4-11,13,19H,12H2,1-3H3,(H,26,27)(H,31,32)/p-1/t19-/m0/s1. The molecule has 1 unspecified atom stereocenters. The highest BCUT2D eigenvalue weighted by molar-refractivity contribution is 7.80. The monoisotopic (exact) mass is 488 g/mol. The van der Waals surface area contributed by atoms with Crippen LogP contribution in [0, 0.1) is 10.1 Å². The van der Waals surface area contributed by atoms with E-state index in [2.05, 4.69) is 0 Å². The highest BCUT2D eigenvalue weighted by atomic mass is 32.2. The Hall–Kier alpha value is -3.77. The molecular formula is C22H22N3O8S-. The number of hydrogen-bond donors (Lipinski definition) is 1. The number of carboxylic acid groups (broad SMARTS) is 1. The first-order valence-electron chi connectivity index (χ1n) is 10.1. The van der Waals surface area contributed by atoms with Crippen molar-refractivity contribution in [2.75, 3.05) is 4.31 Å². The molecule has 0 aliphatic rings. The second-order valence-electron chi connectivity index (χ2n) is 8.37. The summed E-state index contributed by atoms with van der Waals surface area (Å²) < 4.78 is 31.3. The number of nitro groups is 1. The van der Waals surface area contributed by atoms with Crippen LogP contribution in [0.3, 0.4) is 0 Å². The van der Waals surface area contributed by atoms with Crippen LogP contribution >= 0.6 is 0 Å². The lowest BCUT2D eigenvalue weighted by atomic mass is 10.0. The highest BCUT2D eigenvalue weighted by Gasteiger charge is 2.33. The van der Waals surface area contributed by atoms with E-state index in [1.165, 1.54) is 22.9 Å². The number of fused-ring (bicyclic) bond motifs is 1. The average molecular weight is 488 g/mol. The third-order valence-corrected chi connectivity index (χ3v) is 5.61. The molecular weight excluding hydrogens is 466 g/mol. The summed E-state index contributed by atoms with van der Waals surface area (Å²) in [5.74, 6) is -1.52. The van der Waals surface area contributed by atoms with Crippen molar-refractivity contribution in [1.29, 1.82) is 0 Å². The molecule has 1 N–H and O–H groups in total. The summed E-state index contributed by atoms with van der Waals surface area (Å²) in [4.78, 5) is 35.6. The zero-order valence-corrected chi connectivity index (χ0v) is 19.4. The number of benzene rings is 2. The Morgan fingerprint density at radius 2 is 1.79 bits per heavy atom. The Kier molecular flexibility index (Phi) is 7.03. The molecule has 0 bridgehead atoms. The lowest BCUT2D eigenvalue weighted by molar-refractivity contribution is -0.384. The highest BCUT2D eigenvalue weighted by Crippen LogP contribution is 2.32. The lowest BCUT2D eigenvalue weighted by Gasteiger charge is -2.31. The normalized spacial score (nSPS) is 13.3. The molecule has 2 aromatic carbocycles. The van der Waals surface area contributed by atoms with Crippen molar-refractivity contribution in [2.45, 2.75) is 38.8 Å². The minimum absolute atomic E-state index is 0.350. The molecule has 0 amide bonds. The van der Waals surface area contributed by atoms with Gasteiger partial charge in [-0.2, -0.15) is 0 Å². The van der Waals surface area contributed by atoms with Gasteiger partial charge in [0.05, 0.1) is 10.4 Å². The average Bonchev–Trinajstić information content (AvgIpc) is 3.11. The maximum atomic E-state index is 12.7. The fraction of sp³-hybridized carbons (Fsp3) is 0.273. The van der Waals surface area contributed by atoms with E-state index in [4.69, 9.17) is 4.74 Å². The number of aromatic nitrogens is 1. The van der Waals surface area contributed by atoms with Crippen molar-refractivity contribution >= 4 is 45.6 Å². The summed E-state index contributed by atoms with van der Waals surface area (Å²) in [6, 6.07) is 9.92. The van der Waals surface area contributed by atoms with E-state index >= 15 is 0 Å². The predicted octanol–water partition coefficient (Wildman–Crippen LogP) is 3.63. The zero-order valence-electron chi connectivity index (χ0n) is 18.5. The lowest BCUT2D eigenvalue weighted by Crippen LogP contribution is -2.44. The van der Waals surface area contributed by atoms with Gasteiger partial charge < -0.3 is 14.4 Å². The van der Waals surface area contributed by atoms with Gasteiger partial charge in [-0.1, -0.05) is 30.3 Å². The molecule has 0 fully saturated rings. The van der Waals surface area contributed by atoms with Crippen molar-refractivity contribution in [3.63, 3.8) is 0 Å². The molecule has 1 aromatic heterocycles. The van der Waals surface area contributed by atoms with Crippen molar-refractivity contribution < 1.29 is 33.1 Å². The number of nitrogens with zero attached hydrogens (tertiary/aromatic N) is 3. The van der Waals surface area contributed by atoms with Gasteiger partial charge in [0.1, 0.15) is 17.3 Å². The van der Waals surface area contributed by atoms with E-state index in [0.29, 0.717) is 20.8 Å². The van der Waals surface area contributed by atoms with Crippen LogP contribution in [0.25, 0.3) is 10.9 Å². The number of carbonyl (C=O) groups is 2. The Morgan fingerprint density at radius 1 is 1.18 bits per heavy atom. The summed E-state index contributed by atoms with van der Waals surface area (Å²) in [6.45, 7) is 5.10. The smallest absolute Gasteiger partial charge is 0.419 e. The number of para-hydroxylation sites is 3. The number of ether oxygens (including phenoxy) is 1. The maximum absolute atomic E-state index is 12.7. The van der Waals surface area contributed by atoms with Gasteiger partial charge in [0.25, 0.3) is 5.69 Å². The molecule has 12 heteroatoms. The molecule has 1 heterocycles. The fourth-order valence-electron chi connectivity index (χ4n) is 3.51. The van der Waals surface area contributed by atoms with Crippen molar-refractivity contribution in [3.8, 4) is 0 Å². The van der Waals surface area contributed by atoms with E-state index < -0.39 is 45.6 Å². The maximum Gasteiger partial charge on any atom is 0.419 e. The molecule has 2 atom stereocenters. The van der Waals surface area contributed by atoms with E-state index in [0.717, 1.165) is 12.1 Å². The first-order chi connectivity index (χ1) is 15.9. The molecule has 3 aromatic rings. The second kappa shape index (κ2) is 9.61. The molecule has 34 heavy (non-hydrogen) atoms. The summed E-state index contributed by atoms with van der Waals surface area (Å²) >= 11 is -3.15. The van der Waals surface area contributed by atoms with Gasteiger partial charge in [-0.25, -0.2) is 9.59 Å². The Labute approximate surface area is 197 Å². The quantitative estimate of drug-likeness (QED) is 0.300. The molecule has 3 rings (SSSR count). The van der Waals surface area contributed by atoms with Crippen molar-refractivity contribution in [3.05, 3.63) is 70.4 Å². The van der Waals surface area contributed by atoms with Crippen molar-refractivity contribution in [2.24, 2.45) is 0 Å². The topological polar surface area (TPSA) is 155 Å². The Morgan fingerprint density at radius 3 is 2.38 bits per heavy atom. The third kappa shape index (κ3) is 5.24. The number of anilines is 1. The van der Waals surface area contributed by atoms with Crippen LogP contribution in [-0.4, -0.2) is 47.1 Å². The van der Waals surface area contributed by atoms with Gasteiger partial charge in [-0.15, -0.1) is 0 Å². The SMILES string of the molecule is CC(C)(C)OC(=O)n1cc(C[C@@H](C(=O)O)N(c2ccccc2[N+](=O)[O-])S(=O)[O-])c2ccccc21. The van der Waals surface area contributed by atoms with Crippen LogP contribution in [0.2, 0.25) is 0 Å². The molecule has 0 radical (unpaired) electrons. The first kappa shape index (κ1) is 24.9. The van der Waals surface area contributed by atoms with Crippen LogP contribution in [0.1, 0.15) is 26.3 Å². The summed E-state index contributed by atoms with van der Waals surface area (Å²) in [6.07, 6.45) is 0.329. The summed E-state index contributed by atoms with van der Waals surface area (Å²) in [7, 11) is 0. The van der Waals surface area contributed by atoms with Gasteiger partial charge >= 0.3 is 12.1 Å². The van der Waals surface area contributed by atoms with Gasteiger partial charge in [-0.3, -0.25) is 23.2 Å². The van der Waals surface area contributed by atoms with Gasteiger partial charge in [0.15, 0.2) is 0 Å². The first-order valence-corrected chi connectivity index (χ1v) is 11.1. The molecule has 180 valence electrons. The number of aliphatic carboxylic acids is 1. The predicted molar refractivity (Wildman–Crippen MR) is 123 cm³/mol. The second-order valence-corrected chi connectivity index (χ2v) is 9.20. The minimum atomic E-state index is -3.15. The Bertz CT molecular complexity index is 1280. The van der Waals surface area contributed by atoms with Crippen LogP contribution in [0.5, 0.6) is 0 Å². The number of carboxylic acids is 1. The molecule has 0 spiro atoms. The minimum Gasteiger partial charge on any atom is -0.755 e. The number of rotatable bonds is 7. The molecule has 0 saturated carbocycles. The summed E-state index contributed by atoms with van der Waals surface area (Å²) in [5, 5.41) is 21.9. The van der Waals surface area contributed by atoms with E-state index in [1.54, 1.807) is 45.0 Å². The fourth-order valence-corrected chi connectivity index (χ4v) is 4.20. The van der Waals surface area contributed by atoms with Gasteiger partial charge in [0, 0.05) is 35.3 Å². The number of hydrogen-bond acceptors (Lipinski definition) is 7. The number of carbonyl (C=O) groups excluding carboxylic acids is 1. The van der Waals surface area contributed by atoms with Crippen molar-refractivity contribution in [1.82, 2.24) is 4.57 Å². The van der Waals surface area contributed by atoms with Gasteiger partial charge in [-0.05, 0) is 38.5 Å². The van der Waals surface area contributed by atoms with E-state index in [-0.39, 0.29) is 12.1 Å². The Balaban J connectivity index is 2.11. The molecule has 0 aliphatic heterocycles. The van der Waals surface area contributed by atoms with E-state index in [1.807, 2.05) is 0 Å². The van der Waals surface area contributed by atoms with Gasteiger partial charge in [0.2, 0.25) is 0 Å². The van der Waals surface area contributed by atoms with Crippen LogP contribution in [0.4, 0.5) is 16.2 Å². The third-order valence-electron chi connectivity index (χ3n) is 4.84. The number of nitro benzene ring substituents is 1. The largest absolute Gasteiger partial charge is 0.755 e.